The molecule has 2 aliphatic rings. The third-order valence-electron chi connectivity index (χ3n) is 5.31. The van der Waals surface area contributed by atoms with Crippen LogP contribution in [0.1, 0.15) is 46.0 Å². The second kappa shape index (κ2) is 9.60. The summed E-state index contributed by atoms with van der Waals surface area (Å²) in [5.74, 6) is 1.95. The highest BCUT2D eigenvalue weighted by molar-refractivity contribution is 6.30. The van der Waals surface area contributed by atoms with Gasteiger partial charge in [-0.3, -0.25) is 4.79 Å². The molecular weight excluding hydrogens is 388 g/mol. The molecule has 0 aliphatic carbocycles. The molecule has 2 aromatic rings. The van der Waals surface area contributed by atoms with Crippen molar-refractivity contribution in [3.05, 3.63) is 72.3 Å². The molecule has 0 unspecified atom stereocenters. The minimum absolute atomic E-state index is 0.153. The number of aromatic nitrogens is 1. The number of carbonyl (C=O) groups excluding carboxylic acids is 1. The average molecular weight is 417 g/mol. The van der Waals surface area contributed by atoms with Gasteiger partial charge in [-0.1, -0.05) is 44.9 Å². The Bertz CT molecular complexity index is 1030. The van der Waals surface area contributed by atoms with Gasteiger partial charge in [0.25, 0.3) is 5.91 Å². The summed E-state index contributed by atoms with van der Waals surface area (Å²) in [6, 6.07) is 13.5. The van der Waals surface area contributed by atoms with Crippen molar-refractivity contribution in [1.82, 2.24) is 4.98 Å². The molecule has 0 bridgehead atoms. The topological polar surface area (TPSA) is 58.0 Å². The van der Waals surface area contributed by atoms with Gasteiger partial charge in [-0.05, 0) is 55.7 Å². The first kappa shape index (κ1) is 20.8. The highest BCUT2D eigenvalue weighted by Gasteiger charge is 2.31. The van der Waals surface area contributed by atoms with Crippen LogP contribution in [-0.4, -0.2) is 23.1 Å². The van der Waals surface area contributed by atoms with Crippen molar-refractivity contribution in [2.75, 3.05) is 16.5 Å². The highest BCUT2D eigenvalue weighted by Crippen LogP contribution is 2.38. The number of rotatable bonds is 8. The molecule has 2 aliphatic heterocycles. The number of hydrogen-bond donors (Lipinski definition) is 0. The van der Waals surface area contributed by atoms with E-state index < -0.39 is 0 Å². The molecule has 31 heavy (non-hydrogen) atoms. The summed E-state index contributed by atoms with van der Waals surface area (Å²) in [5.41, 5.74) is 2.46. The summed E-state index contributed by atoms with van der Waals surface area (Å²) in [4.78, 5) is 19.6. The van der Waals surface area contributed by atoms with E-state index in [2.05, 4.69) is 34.9 Å². The fourth-order valence-corrected chi connectivity index (χ4v) is 3.77. The van der Waals surface area contributed by atoms with Crippen LogP contribution in [-0.2, 0) is 4.79 Å². The van der Waals surface area contributed by atoms with Crippen molar-refractivity contribution in [3.8, 4) is 5.75 Å². The average Bonchev–Trinajstić information content (AvgIpc) is 3.31. The smallest absolute Gasteiger partial charge is 0.282 e. The van der Waals surface area contributed by atoms with E-state index in [4.69, 9.17) is 4.74 Å². The van der Waals surface area contributed by atoms with E-state index in [1.54, 1.807) is 12.3 Å². The Morgan fingerprint density at radius 2 is 1.84 bits per heavy atom. The molecule has 0 radical (unpaired) electrons. The summed E-state index contributed by atoms with van der Waals surface area (Å²) in [7, 11) is 0. The molecule has 1 aromatic carbocycles. The van der Waals surface area contributed by atoms with Crippen molar-refractivity contribution in [2.24, 2.45) is 5.10 Å². The Labute approximate surface area is 183 Å². The van der Waals surface area contributed by atoms with Crippen LogP contribution in [0.5, 0.6) is 5.75 Å². The number of pyridine rings is 1. The Morgan fingerprint density at radius 1 is 1.00 bits per heavy atom. The van der Waals surface area contributed by atoms with E-state index in [0.717, 1.165) is 61.7 Å². The third-order valence-corrected chi connectivity index (χ3v) is 5.31. The Kier molecular flexibility index (Phi) is 6.46. The number of para-hydroxylation sites is 2. The maximum atomic E-state index is 13.2. The van der Waals surface area contributed by atoms with Gasteiger partial charge in [0.05, 0.1) is 17.0 Å². The van der Waals surface area contributed by atoms with Crippen LogP contribution < -0.4 is 14.6 Å². The van der Waals surface area contributed by atoms with Crippen molar-refractivity contribution < 1.29 is 9.53 Å². The van der Waals surface area contributed by atoms with Gasteiger partial charge in [0.2, 0.25) is 5.88 Å². The SMILES string of the molecule is CCCCCC1=NN(c2ccccn2)C(=O)/C1=C\C=C1/Oc2ccccc2N1CCC. The molecule has 0 saturated carbocycles. The third kappa shape index (κ3) is 4.38. The van der Waals surface area contributed by atoms with Gasteiger partial charge in [-0.25, -0.2) is 4.98 Å². The summed E-state index contributed by atoms with van der Waals surface area (Å²) >= 11 is 0. The number of nitrogens with zero attached hydrogens (tertiary/aromatic N) is 4. The molecule has 1 amide bonds. The summed E-state index contributed by atoms with van der Waals surface area (Å²) < 4.78 is 6.08. The number of hydrazone groups is 1. The van der Waals surface area contributed by atoms with Gasteiger partial charge < -0.3 is 9.64 Å². The van der Waals surface area contributed by atoms with Crippen LogP contribution in [0, 0.1) is 0 Å². The van der Waals surface area contributed by atoms with E-state index in [1.165, 1.54) is 5.01 Å². The molecule has 0 fully saturated rings. The molecule has 0 N–H and O–H groups in total. The second-order valence-electron chi connectivity index (χ2n) is 7.62. The lowest BCUT2D eigenvalue weighted by atomic mass is 10.0. The van der Waals surface area contributed by atoms with E-state index in [0.29, 0.717) is 11.4 Å². The number of hydrogen-bond acceptors (Lipinski definition) is 5. The fraction of sp³-hybridized carbons (Fsp3) is 0.320. The van der Waals surface area contributed by atoms with Gasteiger partial charge in [0.15, 0.2) is 11.6 Å². The predicted octanol–water partition coefficient (Wildman–Crippen LogP) is 5.44. The summed E-state index contributed by atoms with van der Waals surface area (Å²) in [6.45, 7) is 5.15. The van der Waals surface area contributed by atoms with Gasteiger partial charge in [-0.15, -0.1) is 0 Å². The maximum Gasteiger partial charge on any atom is 0.282 e. The van der Waals surface area contributed by atoms with Gasteiger partial charge in [0, 0.05) is 12.7 Å². The standard InChI is InChI=1S/C25H28N4O2/c1-3-5-6-11-20-19(25(30)29(27-20)23-14-9-10-17-26-23)15-16-24-28(18-4-2)21-12-7-8-13-22(21)31-24/h7-10,12-17H,3-6,11,18H2,1-2H3/b19-15-,24-16-. The van der Waals surface area contributed by atoms with E-state index in [1.807, 2.05) is 42.5 Å². The number of benzene rings is 1. The highest BCUT2D eigenvalue weighted by atomic mass is 16.5. The minimum Gasteiger partial charge on any atom is -0.439 e. The quantitative estimate of drug-likeness (QED) is 0.425. The second-order valence-corrected chi connectivity index (χ2v) is 7.62. The zero-order chi connectivity index (χ0) is 21.6. The number of ether oxygens (including phenoxy) is 1. The Morgan fingerprint density at radius 3 is 2.61 bits per heavy atom. The van der Waals surface area contributed by atoms with E-state index in [-0.39, 0.29) is 5.91 Å². The molecule has 6 nitrogen and oxygen atoms in total. The molecular formula is C25H28N4O2. The molecule has 0 saturated heterocycles. The predicted molar refractivity (Wildman–Crippen MR) is 124 cm³/mol. The molecule has 1 aromatic heterocycles. The van der Waals surface area contributed by atoms with Crippen LogP contribution >= 0.6 is 0 Å². The molecule has 0 atom stereocenters. The zero-order valence-electron chi connectivity index (χ0n) is 18.1. The molecule has 160 valence electrons. The Balaban J connectivity index is 1.64. The number of carbonyl (C=O) groups is 1. The van der Waals surface area contributed by atoms with E-state index >= 15 is 0 Å². The zero-order valence-corrected chi connectivity index (χ0v) is 18.1. The summed E-state index contributed by atoms with van der Waals surface area (Å²) in [6.07, 6.45) is 10.4. The van der Waals surface area contributed by atoms with Crippen molar-refractivity contribution in [3.63, 3.8) is 0 Å². The normalized spacial score (nSPS) is 18.0. The lowest BCUT2D eigenvalue weighted by Gasteiger charge is -2.16. The van der Waals surface area contributed by atoms with Crippen molar-refractivity contribution >= 4 is 23.1 Å². The van der Waals surface area contributed by atoms with Crippen LogP contribution in [0.25, 0.3) is 0 Å². The lowest BCUT2D eigenvalue weighted by molar-refractivity contribution is -0.114. The number of anilines is 2. The summed E-state index contributed by atoms with van der Waals surface area (Å²) in [5, 5.41) is 6.02. The van der Waals surface area contributed by atoms with Crippen LogP contribution in [0.4, 0.5) is 11.5 Å². The molecule has 6 heteroatoms. The first-order valence-corrected chi connectivity index (χ1v) is 11.0. The minimum atomic E-state index is -0.153. The number of unbranched alkanes of at least 4 members (excludes halogenated alkanes) is 2. The van der Waals surface area contributed by atoms with Crippen LogP contribution in [0.3, 0.4) is 0 Å². The fourth-order valence-electron chi connectivity index (χ4n) is 3.77. The Hall–Kier alpha value is -3.41. The first-order valence-electron chi connectivity index (χ1n) is 11.0. The number of fused-ring (bicyclic) bond motifs is 1. The molecule has 0 spiro atoms. The van der Waals surface area contributed by atoms with Crippen molar-refractivity contribution in [1.29, 1.82) is 0 Å². The molecule has 4 rings (SSSR count). The largest absolute Gasteiger partial charge is 0.439 e. The van der Waals surface area contributed by atoms with E-state index in [9.17, 15) is 4.79 Å². The molecule has 3 heterocycles. The lowest BCUT2D eigenvalue weighted by Crippen LogP contribution is -2.22. The monoisotopic (exact) mass is 416 g/mol. The first-order chi connectivity index (χ1) is 15.2. The van der Waals surface area contributed by atoms with Gasteiger partial charge in [-0.2, -0.15) is 10.1 Å². The van der Waals surface area contributed by atoms with Crippen LogP contribution in [0.15, 0.2) is 77.4 Å². The number of amides is 1. The number of allylic oxidation sites excluding steroid dienone is 2. The van der Waals surface area contributed by atoms with Crippen LogP contribution in [0.2, 0.25) is 0 Å². The van der Waals surface area contributed by atoms with Gasteiger partial charge >= 0.3 is 0 Å². The maximum absolute atomic E-state index is 13.2. The van der Waals surface area contributed by atoms with Crippen molar-refractivity contribution in [2.45, 2.75) is 46.0 Å². The van der Waals surface area contributed by atoms with Gasteiger partial charge in [0.1, 0.15) is 0 Å².